The van der Waals surface area contributed by atoms with Gasteiger partial charge in [0, 0.05) is 41.3 Å². The number of ether oxygens (including phenoxy) is 1. The number of nitrogens with zero attached hydrogens (tertiary/aromatic N) is 3. The van der Waals surface area contributed by atoms with Crippen LogP contribution in [0.15, 0.2) is 59.6 Å². The SMILES string of the molecule is COC(=O)CN1C(=O)S/C(=C/c2cn(Cc3ccc([N+](=O)[O-])cc3)c3ccccc23)C1=O. The molecule has 0 unspecified atom stereocenters. The number of carbonyl (C=O) groups excluding carboxylic acids is 3. The van der Waals surface area contributed by atoms with Crippen molar-refractivity contribution in [3.63, 3.8) is 0 Å². The number of amides is 2. The molecule has 9 nitrogen and oxygen atoms in total. The molecule has 0 saturated carbocycles. The number of hydrogen-bond donors (Lipinski definition) is 0. The number of hydrogen-bond acceptors (Lipinski definition) is 7. The number of methoxy groups -OCH3 is 1. The molecule has 2 amide bonds. The van der Waals surface area contributed by atoms with Gasteiger partial charge in [-0.25, -0.2) is 0 Å². The first kappa shape index (κ1) is 21.3. The number of benzene rings is 2. The second-order valence-electron chi connectivity index (χ2n) is 7.00. The van der Waals surface area contributed by atoms with Crippen molar-refractivity contribution in [3.8, 4) is 0 Å². The molecule has 0 spiro atoms. The van der Waals surface area contributed by atoms with Crippen molar-refractivity contribution in [2.45, 2.75) is 6.54 Å². The third-order valence-electron chi connectivity index (χ3n) is 4.99. The largest absolute Gasteiger partial charge is 0.468 e. The number of non-ortho nitro benzene ring substituents is 1. The summed E-state index contributed by atoms with van der Waals surface area (Å²) in [5.74, 6) is -1.22. The molecular formula is C22H17N3O6S. The van der Waals surface area contributed by atoms with E-state index in [2.05, 4.69) is 4.74 Å². The lowest BCUT2D eigenvalue weighted by molar-refractivity contribution is -0.384. The zero-order valence-electron chi connectivity index (χ0n) is 16.9. The highest BCUT2D eigenvalue weighted by molar-refractivity contribution is 8.18. The molecule has 0 bridgehead atoms. The molecule has 1 fully saturated rings. The second-order valence-corrected chi connectivity index (χ2v) is 7.99. The van der Waals surface area contributed by atoms with Crippen LogP contribution in [-0.4, -0.2) is 45.2 Å². The Kier molecular flexibility index (Phi) is 5.78. The number of nitro benzene ring substituents is 1. The van der Waals surface area contributed by atoms with E-state index in [1.807, 2.05) is 35.0 Å². The van der Waals surface area contributed by atoms with Crippen LogP contribution in [-0.2, 0) is 20.9 Å². The van der Waals surface area contributed by atoms with Gasteiger partial charge in [-0.3, -0.25) is 29.4 Å². The van der Waals surface area contributed by atoms with Gasteiger partial charge in [0.2, 0.25) is 0 Å². The summed E-state index contributed by atoms with van der Waals surface area (Å²) in [6, 6.07) is 13.9. The minimum atomic E-state index is -0.673. The average molecular weight is 451 g/mol. The Morgan fingerprint density at radius 1 is 1.16 bits per heavy atom. The lowest BCUT2D eigenvalue weighted by atomic mass is 10.1. The Balaban J connectivity index is 1.66. The Hall–Kier alpha value is -3.92. The Morgan fingerprint density at radius 2 is 1.88 bits per heavy atom. The molecule has 0 atom stereocenters. The molecule has 4 rings (SSSR count). The summed E-state index contributed by atoms with van der Waals surface area (Å²) < 4.78 is 6.52. The van der Waals surface area contributed by atoms with E-state index in [1.165, 1.54) is 19.2 Å². The van der Waals surface area contributed by atoms with Crippen molar-refractivity contribution in [1.29, 1.82) is 0 Å². The van der Waals surface area contributed by atoms with Crippen molar-refractivity contribution in [2.24, 2.45) is 0 Å². The minimum absolute atomic E-state index is 0.0227. The number of fused-ring (bicyclic) bond motifs is 1. The molecule has 10 heteroatoms. The predicted molar refractivity (Wildman–Crippen MR) is 119 cm³/mol. The van der Waals surface area contributed by atoms with E-state index >= 15 is 0 Å². The highest BCUT2D eigenvalue weighted by Crippen LogP contribution is 2.34. The van der Waals surface area contributed by atoms with E-state index in [0.29, 0.717) is 6.54 Å². The first-order valence-electron chi connectivity index (χ1n) is 9.51. The summed E-state index contributed by atoms with van der Waals surface area (Å²) in [7, 11) is 1.19. The molecule has 1 aromatic heterocycles. The van der Waals surface area contributed by atoms with Gasteiger partial charge in [0.1, 0.15) is 6.54 Å². The number of rotatable bonds is 6. The Labute approximate surface area is 186 Å². The summed E-state index contributed by atoms with van der Waals surface area (Å²) in [4.78, 5) is 47.8. The predicted octanol–water partition coefficient (Wildman–Crippen LogP) is 3.81. The van der Waals surface area contributed by atoms with Gasteiger partial charge < -0.3 is 9.30 Å². The molecule has 2 aromatic carbocycles. The van der Waals surface area contributed by atoms with Crippen molar-refractivity contribution >= 4 is 51.5 Å². The molecule has 0 radical (unpaired) electrons. The standard InChI is InChI=1S/C22H17N3O6S/c1-31-20(26)13-24-21(27)19(32-22(24)28)10-15-12-23(18-5-3-2-4-17(15)18)11-14-6-8-16(9-7-14)25(29)30/h2-10,12H,11,13H2,1H3/b19-10+. The van der Waals surface area contributed by atoms with Crippen molar-refractivity contribution in [3.05, 3.63) is 80.9 Å². The maximum atomic E-state index is 12.6. The molecule has 1 saturated heterocycles. The molecule has 2 heterocycles. The number of imide groups is 1. The summed E-state index contributed by atoms with van der Waals surface area (Å²) in [6.45, 7) is 0.0383. The number of nitro groups is 1. The number of para-hydroxylation sites is 1. The zero-order valence-corrected chi connectivity index (χ0v) is 17.7. The van der Waals surface area contributed by atoms with Gasteiger partial charge in [0.15, 0.2) is 0 Å². The highest BCUT2D eigenvalue weighted by Gasteiger charge is 2.36. The lowest BCUT2D eigenvalue weighted by Crippen LogP contribution is -2.34. The maximum absolute atomic E-state index is 12.6. The van der Waals surface area contributed by atoms with Crippen LogP contribution >= 0.6 is 11.8 Å². The quantitative estimate of drug-likeness (QED) is 0.242. The van der Waals surface area contributed by atoms with Crippen LogP contribution in [0.5, 0.6) is 0 Å². The fraction of sp³-hybridized carbons (Fsp3) is 0.136. The lowest BCUT2D eigenvalue weighted by Gasteiger charge is -2.09. The number of esters is 1. The van der Waals surface area contributed by atoms with Crippen molar-refractivity contribution < 1.29 is 24.0 Å². The van der Waals surface area contributed by atoms with Gasteiger partial charge in [-0.05, 0) is 29.5 Å². The van der Waals surface area contributed by atoms with E-state index < -0.39 is 28.6 Å². The topological polar surface area (TPSA) is 112 Å². The van der Waals surface area contributed by atoms with Gasteiger partial charge >= 0.3 is 5.97 Å². The smallest absolute Gasteiger partial charge is 0.325 e. The third-order valence-corrected chi connectivity index (χ3v) is 5.90. The summed E-state index contributed by atoms with van der Waals surface area (Å²) >= 11 is 0.773. The van der Waals surface area contributed by atoms with Gasteiger partial charge in [-0.1, -0.05) is 30.3 Å². The van der Waals surface area contributed by atoms with Crippen LogP contribution in [0.25, 0.3) is 17.0 Å². The Morgan fingerprint density at radius 3 is 2.56 bits per heavy atom. The molecule has 3 aromatic rings. The van der Waals surface area contributed by atoms with Crippen LogP contribution in [0.1, 0.15) is 11.1 Å². The van der Waals surface area contributed by atoms with Crippen LogP contribution < -0.4 is 0 Å². The van der Waals surface area contributed by atoms with Crippen molar-refractivity contribution in [2.75, 3.05) is 13.7 Å². The van der Waals surface area contributed by atoms with E-state index in [-0.39, 0.29) is 10.6 Å². The average Bonchev–Trinajstić information content (AvgIpc) is 3.26. The minimum Gasteiger partial charge on any atom is -0.468 e. The van der Waals surface area contributed by atoms with E-state index in [4.69, 9.17) is 0 Å². The molecule has 1 aliphatic rings. The first-order chi connectivity index (χ1) is 15.4. The van der Waals surface area contributed by atoms with Crippen molar-refractivity contribution in [1.82, 2.24) is 9.47 Å². The maximum Gasteiger partial charge on any atom is 0.325 e. The van der Waals surface area contributed by atoms with E-state index in [0.717, 1.165) is 38.7 Å². The molecule has 0 N–H and O–H groups in total. The monoisotopic (exact) mass is 451 g/mol. The molecule has 0 aliphatic carbocycles. The van der Waals surface area contributed by atoms with E-state index in [1.54, 1.807) is 18.2 Å². The second kappa shape index (κ2) is 8.67. The number of thioether (sulfide) groups is 1. The summed E-state index contributed by atoms with van der Waals surface area (Å²) in [6.07, 6.45) is 3.50. The van der Waals surface area contributed by atoms with Crippen LogP contribution in [0.4, 0.5) is 10.5 Å². The first-order valence-corrected chi connectivity index (χ1v) is 10.3. The zero-order chi connectivity index (χ0) is 22.8. The van der Waals surface area contributed by atoms with Crippen LogP contribution in [0, 0.1) is 10.1 Å². The summed E-state index contributed by atoms with van der Waals surface area (Å²) in [5, 5.41) is 11.2. The van der Waals surface area contributed by atoms with Gasteiger partial charge in [0.05, 0.1) is 16.9 Å². The molecule has 1 aliphatic heterocycles. The number of aromatic nitrogens is 1. The summed E-state index contributed by atoms with van der Waals surface area (Å²) in [5.41, 5.74) is 2.55. The Bertz CT molecular complexity index is 1280. The fourth-order valence-corrected chi connectivity index (χ4v) is 4.24. The number of carbonyl (C=O) groups is 3. The highest BCUT2D eigenvalue weighted by atomic mass is 32.2. The van der Waals surface area contributed by atoms with Gasteiger partial charge in [-0.15, -0.1) is 0 Å². The van der Waals surface area contributed by atoms with Gasteiger partial charge in [0.25, 0.3) is 16.8 Å². The third kappa shape index (κ3) is 4.12. The molecular weight excluding hydrogens is 434 g/mol. The normalized spacial score (nSPS) is 15.0. The van der Waals surface area contributed by atoms with E-state index in [9.17, 15) is 24.5 Å². The fourth-order valence-electron chi connectivity index (χ4n) is 3.41. The van der Waals surface area contributed by atoms with Crippen LogP contribution in [0.2, 0.25) is 0 Å². The molecule has 32 heavy (non-hydrogen) atoms. The van der Waals surface area contributed by atoms with Gasteiger partial charge in [-0.2, -0.15) is 0 Å². The van der Waals surface area contributed by atoms with Crippen LogP contribution in [0.3, 0.4) is 0 Å². The molecule has 162 valence electrons.